The van der Waals surface area contributed by atoms with E-state index in [1.54, 1.807) is 26.2 Å². The summed E-state index contributed by atoms with van der Waals surface area (Å²) in [5.41, 5.74) is 8.42. The molecule has 0 aliphatic carbocycles. The molecule has 7 nitrogen and oxygen atoms in total. The van der Waals surface area contributed by atoms with Crippen molar-refractivity contribution < 1.29 is 9.53 Å². The van der Waals surface area contributed by atoms with Crippen LogP contribution in [0, 0.1) is 5.41 Å². The van der Waals surface area contributed by atoms with E-state index in [1.165, 1.54) is 0 Å². The van der Waals surface area contributed by atoms with E-state index in [4.69, 9.17) is 15.9 Å². The molecule has 1 aliphatic rings. The lowest BCUT2D eigenvalue weighted by atomic mass is 9.91. The Bertz CT molecular complexity index is 1380. The Balaban J connectivity index is 1.54. The molecule has 0 bridgehead atoms. The van der Waals surface area contributed by atoms with E-state index in [9.17, 15) is 4.79 Å². The molecule has 1 aliphatic heterocycles. The summed E-state index contributed by atoms with van der Waals surface area (Å²) in [5, 5.41) is 9.82. The van der Waals surface area contributed by atoms with Crippen LogP contribution in [-0.4, -0.2) is 58.0 Å². The van der Waals surface area contributed by atoms with Crippen molar-refractivity contribution in [1.82, 2.24) is 14.8 Å². The van der Waals surface area contributed by atoms with Crippen LogP contribution < -0.4 is 5.73 Å². The molecule has 7 heteroatoms. The topological polar surface area (TPSA) is 95.5 Å². The van der Waals surface area contributed by atoms with Crippen LogP contribution in [0.2, 0.25) is 0 Å². The van der Waals surface area contributed by atoms with Gasteiger partial charge in [0.15, 0.2) is 11.6 Å². The van der Waals surface area contributed by atoms with Gasteiger partial charge in [0.1, 0.15) is 0 Å². The van der Waals surface area contributed by atoms with Crippen LogP contribution in [0.1, 0.15) is 41.4 Å². The van der Waals surface area contributed by atoms with Crippen molar-refractivity contribution in [3.05, 3.63) is 114 Å². The van der Waals surface area contributed by atoms with Crippen molar-refractivity contribution in [2.45, 2.75) is 31.7 Å². The molecule has 2 heterocycles. The minimum atomic E-state index is -1.22. The molecule has 1 saturated heterocycles. The van der Waals surface area contributed by atoms with Crippen molar-refractivity contribution in [3.8, 4) is 0 Å². The van der Waals surface area contributed by atoms with Gasteiger partial charge in [0.2, 0.25) is 0 Å². The summed E-state index contributed by atoms with van der Waals surface area (Å²) in [6.45, 7) is 4.82. The molecular formula is C31H33N5O2. The van der Waals surface area contributed by atoms with E-state index in [0.29, 0.717) is 25.2 Å². The van der Waals surface area contributed by atoms with Crippen molar-refractivity contribution in [2.24, 2.45) is 5.73 Å². The Kier molecular flexibility index (Phi) is 7.22. The van der Waals surface area contributed by atoms with Gasteiger partial charge in [0, 0.05) is 44.3 Å². The summed E-state index contributed by atoms with van der Waals surface area (Å²) in [7, 11) is 0. The smallest absolute Gasteiger partial charge is 0.256 e. The maximum Gasteiger partial charge on any atom is 0.256 e. The Morgan fingerprint density at radius 2 is 1.58 bits per heavy atom. The fourth-order valence-corrected chi connectivity index (χ4v) is 5.50. The number of carbonyl (C=O) groups is 1. The summed E-state index contributed by atoms with van der Waals surface area (Å²) < 4.78 is 5.90. The highest BCUT2D eigenvalue weighted by molar-refractivity contribution is 6.06. The molecule has 0 saturated carbocycles. The first-order valence-electron chi connectivity index (χ1n) is 12.9. The average molecular weight is 508 g/mol. The second kappa shape index (κ2) is 10.7. The number of rotatable bonds is 6. The van der Waals surface area contributed by atoms with Crippen molar-refractivity contribution >= 4 is 22.6 Å². The first-order chi connectivity index (χ1) is 18.3. The number of benzene rings is 3. The van der Waals surface area contributed by atoms with Gasteiger partial charge in [-0.3, -0.25) is 25.8 Å². The van der Waals surface area contributed by atoms with E-state index in [1.807, 2.05) is 65.6 Å². The minimum absolute atomic E-state index is 0.0348. The summed E-state index contributed by atoms with van der Waals surface area (Å²) in [6, 6.07) is 27.9. The summed E-state index contributed by atoms with van der Waals surface area (Å²) in [5.74, 6) is -0.0510. The predicted octanol–water partition coefficient (Wildman–Crippen LogP) is 4.84. The number of piperazine rings is 1. The van der Waals surface area contributed by atoms with Gasteiger partial charge in [-0.05, 0) is 23.4 Å². The highest BCUT2D eigenvalue weighted by atomic mass is 16.5. The molecule has 3 aromatic carbocycles. The van der Waals surface area contributed by atoms with Crippen LogP contribution in [0.5, 0.6) is 0 Å². The van der Waals surface area contributed by atoms with E-state index in [0.717, 1.165) is 21.9 Å². The highest BCUT2D eigenvalue weighted by Gasteiger charge is 2.45. The first kappa shape index (κ1) is 25.6. The van der Waals surface area contributed by atoms with Crippen molar-refractivity contribution in [1.29, 1.82) is 5.41 Å². The zero-order chi connectivity index (χ0) is 26.7. The number of amides is 1. The lowest BCUT2D eigenvalue weighted by Crippen LogP contribution is -2.67. The maximum absolute atomic E-state index is 13.9. The number of hydrogen-bond donors (Lipinski definition) is 2. The van der Waals surface area contributed by atoms with Gasteiger partial charge in [0.05, 0.1) is 17.6 Å². The molecular weight excluding hydrogens is 474 g/mol. The van der Waals surface area contributed by atoms with Gasteiger partial charge >= 0.3 is 0 Å². The molecule has 0 spiro atoms. The number of pyridine rings is 1. The molecule has 3 N–H and O–H groups in total. The number of fused-ring (bicyclic) bond motifs is 1. The number of carbonyl (C=O) groups excluding carboxylic acids is 1. The summed E-state index contributed by atoms with van der Waals surface area (Å²) in [4.78, 5) is 22.3. The molecule has 0 radical (unpaired) electrons. The van der Waals surface area contributed by atoms with Crippen LogP contribution in [0.15, 0.2) is 97.3 Å². The Hall–Kier alpha value is -4.07. The van der Waals surface area contributed by atoms with Crippen LogP contribution >= 0.6 is 0 Å². The monoisotopic (exact) mass is 507 g/mol. The largest absolute Gasteiger partial charge is 0.459 e. The molecule has 1 unspecified atom stereocenters. The number of nitrogens with zero attached hydrogens (tertiary/aromatic N) is 3. The normalized spacial score (nSPS) is 17.8. The third-order valence-corrected chi connectivity index (χ3v) is 7.20. The molecule has 2 atom stereocenters. The van der Waals surface area contributed by atoms with Gasteiger partial charge in [-0.15, -0.1) is 0 Å². The van der Waals surface area contributed by atoms with Crippen LogP contribution in [-0.2, 0) is 4.74 Å². The van der Waals surface area contributed by atoms with Crippen molar-refractivity contribution in [3.63, 3.8) is 0 Å². The molecule has 1 aromatic heterocycles. The number of aromatic nitrogens is 1. The van der Waals surface area contributed by atoms with Gasteiger partial charge in [-0.2, -0.15) is 0 Å². The average Bonchev–Trinajstić information content (AvgIpc) is 2.93. The molecule has 5 rings (SSSR count). The Labute approximate surface area is 223 Å². The number of hydrogen-bond acceptors (Lipinski definition) is 6. The number of nitrogens with one attached hydrogen (secondary N) is 1. The lowest BCUT2D eigenvalue weighted by Gasteiger charge is -2.50. The molecule has 194 valence electrons. The zero-order valence-electron chi connectivity index (χ0n) is 21.7. The first-order valence-corrected chi connectivity index (χ1v) is 12.9. The summed E-state index contributed by atoms with van der Waals surface area (Å²) in [6.07, 6.45) is 3.41. The standard InChI is InChI=1S/C31H33N5O2/c1-22(32)38-31(2,33)28-21-35(30(37)27-20-34-19-25-15-9-10-16-26(25)27)17-18-36(28)29(23-11-5-3-6-12-23)24-13-7-4-8-14-24/h3-16,19-20,28-29,32H,17-18,21,33H2,1-2H3/t28?,31-/m0/s1. The second-order valence-corrected chi connectivity index (χ2v) is 9.98. The van der Waals surface area contributed by atoms with Gasteiger partial charge in [-0.1, -0.05) is 84.9 Å². The Morgan fingerprint density at radius 1 is 0.974 bits per heavy atom. The predicted molar refractivity (Wildman–Crippen MR) is 150 cm³/mol. The Morgan fingerprint density at radius 3 is 2.21 bits per heavy atom. The molecule has 38 heavy (non-hydrogen) atoms. The zero-order valence-corrected chi connectivity index (χ0v) is 21.7. The second-order valence-electron chi connectivity index (χ2n) is 9.98. The SMILES string of the molecule is CC(=N)O[C@](C)(N)C1CN(C(=O)c2cncc3ccccc23)CCN1C(c1ccccc1)c1ccccc1. The van der Waals surface area contributed by atoms with E-state index in [2.05, 4.69) is 34.1 Å². The fraction of sp³-hybridized carbons (Fsp3) is 0.258. The third-order valence-electron chi connectivity index (χ3n) is 7.20. The van der Waals surface area contributed by atoms with Gasteiger partial charge in [-0.25, -0.2) is 0 Å². The fourth-order valence-electron chi connectivity index (χ4n) is 5.50. The lowest BCUT2D eigenvalue weighted by molar-refractivity contribution is -0.0622. The van der Waals surface area contributed by atoms with E-state index >= 15 is 0 Å². The van der Waals surface area contributed by atoms with Gasteiger partial charge in [0.25, 0.3) is 5.91 Å². The molecule has 4 aromatic rings. The quantitative estimate of drug-likeness (QED) is 0.221. The van der Waals surface area contributed by atoms with Crippen LogP contribution in [0.4, 0.5) is 0 Å². The minimum Gasteiger partial charge on any atom is -0.459 e. The maximum atomic E-state index is 13.9. The van der Waals surface area contributed by atoms with Crippen LogP contribution in [0.3, 0.4) is 0 Å². The highest BCUT2D eigenvalue weighted by Crippen LogP contribution is 2.35. The number of ether oxygens (including phenoxy) is 1. The van der Waals surface area contributed by atoms with E-state index in [-0.39, 0.29) is 17.8 Å². The third kappa shape index (κ3) is 5.16. The molecule has 1 amide bonds. The van der Waals surface area contributed by atoms with Crippen LogP contribution in [0.25, 0.3) is 10.8 Å². The van der Waals surface area contributed by atoms with Gasteiger partial charge < -0.3 is 9.64 Å². The summed E-state index contributed by atoms with van der Waals surface area (Å²) >= 11 is 0. The molecule has 1 fully saturated rings. The van der Waals surface area contributed by atoms with E-state index < -0.39 is 11.8 Å². The number of nitrogens with two attached hydrogens (primary N) is 1. The van der Waals surface area contributed by atoms with Crippen molar-refractivity contribution in [2.75, 3.05) is 19.6 Å².